The summed E-state index contributed by atoms with van der Waals surface area (Å²) in [5, 5.41) is 5.59. The van der Waals surface area contributed by atoms with E-state index in [-0.39, 0.29) is 5.91 Å². The lowest BCUT2D eigenvalue weighted by Crippen LogP contribution is -2.30. The predicted molar refractivity (Wildman–Crippen MR) is 70.8 cm³/mol. The normalized spacial score (nSPS) is 22.5. The Hall–Kier alpha value is -1.56. The van der Waals surface area contributed by atoms with E-state index in [0.29, 0.717) is 26.2 Å². The fourth-order valence-corrected chi connectivity index (χ4v) is 1.79. The van der Waals surface area contributed by atoms with Crippen molar-refractivity contribution in [1.29, 1.82) is 0 Å². The summed E-state index contributed by atoms with van der Waals surface area (Å²) in [4.78, 5) is 13.5. The lowest BCUT2D eigenvalue weighted by Gasteiger charge is -2.24. The quantitative estimate of drug-likeness (QED) is 0.686. The summed E-state index contributed by atoms with van der Waals surface area (Å²) in [5.41, 5.74) is 6.34. The second-order valence-corrected chi connectivity index (χ2v) is 4.25. The van der Waals surface area contributed by atoms with E-state index in [1.165, 1.54) is 6.20 Å². The zero-order chi connectivity index (χ0) is 13.4. The highest BCUT2D eigenvalue weighted by atomic mass is 16.5. The fraction of sp³-hybridized carbons (Fsp3) is 0.667. The Labute approximate surface area is 108 Å². The summed E-state index contributed by atoms with van der Waals surface area (Å²) in [6, 6.07) is 0. The summed E-state index contributed by atoms with van der Waals surface area (Å²) >= 11 is 0. The van der Waals surface area contributed by atoms with Crippen molar-refractivity contribution in [3.8, 4) is 0 Å². The third-order valence-corrected chi connectivity index (χ3v) is 2.91. The number of nitrogens with zero attached hydrogens (tertiary/aromatic N) is 3. The third-order valence-electron chi connectivity index (χ3n) is 2.91. The standard InChI is InChI=1S/C12H22N4O2/c1-14-16-7-3-5-12(17)15(2)6-4-8-18-10-11(16)9-13/h9H,1,3-8,10,13H2,2H3/b11-9-. The molecule has 0 saturated carbocycles. The second kappa shape index (κ2) is 7.71. The van der Waals surface area contributed by atoms with Crippen LogP contribution < -0.4 is 5.73 Å². The molecule has 18 heavy (non-hydrogen) atoms. The Morgan fingerprint density at radius 2 is 2.22 bits per heavy atom. The molecule has 0 aromatic heterocycles. The predicted octanol–water partition coefficient (Wildman–Crippen LogP) is 0.363. The van der Waals surface area contributed by atoms with Crippen LogP contribution in [0.15, 0.2) is 17.0 Å². The Bertz CT molecular complexity index is 317. The topological polar surface area (TPSA) is 71.2 Å². The number of hydrogen-bond acceptors (Lipinski definition) is 5. The first-order valence-corrected chi connectivity index (χ1v) is 6.15. The average molecular weight is 254 g/mol. The average Bonchev–Trinajstić information content (AvgIpc) is 2.38. The minimum absolute atomic E-state index is 0.151. The molecule has 0 aromatic carbocycles. The van der Waals surface area contributed by atoms with Gasteiger partial charge in [-0.3, -0.25) is 9.80 Å². The van der Waals surface area contributed by atoms with Crippen molar-refractivity contribution in [2.24, 2.45) is 10.8 Å². The van der Waals surface area contributed by atoms with Gasteiger partial charge in [-0.1, -0.05) is 0 Å². The summed E-state index contributed by atoms with van der Waals surface area (Å²) in [6.07, 6.45) is 3.54. The summed E-state index contributed by atoms with van der Waals surface area (Å²) < 4.78 is 5.51. The molecule has 0 bridgehead atoms. The summed E-state index contributed by atoms with van der Waals surface area (Å²) in [6.45, 7) is 5.88. The van der Waals surface area contributed by atoms with Crippen LogP contribution in [0, 0.1) is 0 Å². The van der Waals surface area contributed by atoms with Crippen LogP contribution in [-0.2, 0) is 9.53 Å². The molecule has 1 fully saturated rings. The number of ether oxygens (including phenoxy) is 1. The number of hydrogen-bond donors (Lipinski definition) is 1. The van der Waals surface area contributed by atoms with Gasteiger partial charge in [-0.2, -0.15) is 5.10 Å². The molecule has 0 aromatic rings. The van der Waals surface area contributed by atoms with Gasteiger partial charge < -0.3 is 15.4 Å². The Morgan fingerprint density at radius 1 is 1.44 bits per heavy atom. The van der Waals surface area contributed by atoms with Crippen LogP contribution in [0.2, 0.25) is 0 Å². The van der Waals surface area contributed by atoms with Crippen molar-refractivity contribution >= 4 is 12.6 Å². The lowest BCUT2D eigenvalue weighted by molar-refractivity contribution is -0.130. The number of carbonyl (C=O) groups excluding carboxylic acids is 1. The molecule has 0 radical (unpaired) electrons. The molecule has 0 spiro atoms. The number of hydrazone groups is 1. The molecule has 1 aliphatic rings. The highest BCUT2D eigenvalue weighted by Gasteiger charge is 2.13. The molecular weight excluding hydrogens is 232 g/mol. The van der Waals surface area contributed by atoms with Gasteiger partial charge in [0.2, 0.25) is 5.91 Å². The molecule has 6 nitrogen and oxygen atoms in total. The fourth-order valence-electron chi connectivity index (χ4n) is 1.79. The number of nitrogens with two attached hydrogens (primary N) is 1. The van der Waals surface area contributed by atoms with Crippen LogP contribution in [-0.4, -0.2) is 55.9 Å². The van der Waals surface area contributed by atoms with Crippen LogP contribution in [0.1, 0.15) is 19.3 Å². The van der Waals surface area contributed by atoms with Gasteiger partial charge >= 0.3 is 0 Å². The van der Waals surface area contributed by atoms with Gasteiger partial charge in [0, 0.05) is 46.1 Å². The van der Waals surface area contributed by atoms with Crippen molar-refractivity contribution in [3.63, 3.8) is 0 Å². The zero-order valence-electron chi connectivity index (χ0n) is 11.0. The van der Waals surface area contributed by atoms with Gasteiger partial charge in [-0.25, -0.2) is 0 Å². The Morgan fingerprint density at radius 3 is 2.89 bits per heavy atom. The number of rotatable bonds is 1. The van der Waals surface area contributed by atoms with Crippen molar-refractivity contribution in [2.45, 2.75) is 19.3 Å². The molecule has 1 heterocycles. The SMILES string of the molecule is C=NN1CCCC(=O)N(C)CCCOC/C1=C/N. The van der Waals surface area contributed by atoms with Crippen LogP contribution >= 0.6 is 0 Å². The molecule has 0 aliphatic carbocycles. The van der Waals surface area contributed by atoms with E-state index in [1.54, 1.807) is 9.91 Å². The highest BCUT2D eigenvalue weighted by Crippen LogP contribution is 2.09. The van der Waals surface area contributed by atoms with E-state index in [2.05, 4.69) is 11.8 Å². The molecule has 0 atom stereocenters. The van der Waals surface area contributed by atoms with Crippen LogP contribution in [0.4, 0.5) is 0 Å². The number of carbonyl (C=O) groups is 1. The monoisotopic (exact) mass is 254 g/mol. The van der Waals surface area contributed by atoms with Crippen LogP contribution in [0.3, 0.4) is 0 Å². The zero-order valence-corrected chi connectivity index (χ0v) is 11.0. The van der Waals surface area contributed by atoms with Gasteiger partial charge in [-0.05, 0) is 12.8 Å². The molecule has 1 aliphatic heterocycles. The largest absolute Gasteiger partial charge is 0.403 e. The molecule has 102 valence electrons. The maximum atomic E-state index is 11.8. The van der Waals surface area contributed by atoms with Crippen molar-refractivity contribution in [3.05, 3.63) is 11.9 Å². The van der Waals surface area contributed by atoms with Gasteiger partial charge in [0.05, 0.1) is 12.3 Å². The van der Waals surface area contributed by atoms with E-state index in [4.69, 9.17) is 10.5 Å². The molecule has 6 heteroatoms. The third kappa shape index (κ3) is 4.37. The smallest absolute Gasteiger partial charge is 0.222 e. The molecule has 1 rings (SSSR count). The van der Waals surface area contributed by atoms with E-state index < -0.39 is 0 Å². The minimum atomic E-state index is 0.151. The van der Waals surface area contributed by atoms with Gasteiger partial charge in [-0.15, -0.1) is 0 Å². The number of amides is 1. The minimum Gasteiger partial charge on any atom is -0.403 e. The maximum Gasteiger partial charge on any atom is 0.222 e. The second-order valence-electron chi connectivity index (χ2n) is 4.25. The van der Waals surface area contributed by atoms with Gasteiger partial charge in [0.25, 0.3) is 0 Å². The summed E-state index contributed by atoms with van der Waals surface area (Å²) in [7, 11) is 1.82. The maximum absolute atomic E-state index is 11.8. The summed E-state index contributed by atoms with van der Waals surface area (Å²) in [5.74, 6) is 0.151. The molecular formula is C12H22N4O2. The van der Waals surface area contributed by atoms with Crippen LogP contribution in [0.25, 0.3) is 0 Å². The Kier molecular flexibility index (Phi) is 6.21. The van der Waals surface area contributed by atoms with Gasteiger partial charge in [0.1, 0.15) is 0 Å². The molecule has 1 amide bonds. The van der Waals surface area contributed by atoms with Crippen molar-refractivity contribution in [2.75, 3.05) is 33.4 Å². The van der Waals surface area contributed by atoms with E-state index in [9.17, 15) is 4.79 Å². The molecule has 0 unspecified atom stereocenters. The molecule has 2 N–H and O–H groups in total. The van der Waals surface area contributed by atoms with E-state index in [1.807, 2.05) is 7.05 Å². The lowest BCUT2D eigenvalue weighted by atomic mass is 10.2. The first-order chi connectivity index (χ1) is 8.69. The van der Waals surface area contributed by atoms with Gasteiger partial charge in [0.15, 0.2) is 0 Å². The van der Waals surface area contributed by atoms with Crippen LogP contribution in [0.5, 0.6) is 0 Å². The highest BCUT2D eigenvalue weighted by molar-refractivity contribution is 5.75. The van der Waals surface area contributed by atoms with Crippen molar-refractivity contribution < 1.29 is 9.53 Å². The first kappa shape index (κ1) is 14.5. The molecule has 1 saturated heterocycles. The first-order valence-electron chi connectivity index (χ1n) is 6.15. The van der Waals surface area contributed by atoms with Crippen molar-refractivity contribution in [1.82, 2.24) is 9.91 Å². The Balaban J connectivity index is 2.63. The van der Waals surface area contributed by atoms with E-state index in [0.717, 1.165) is 25.1 Å². The van der Waals surface area contributed by atoms with E-state index >= 15 is 0 Å².